The number of fused-ring (bicyclic) bond motifs is 6. The number of hydrogen-bond acceptors (Lipinski definition) is 3. The summed E-state index contributed by atoms with van der Waals surface area (Å²) in [5, 5.41) is 24.4. The Labute approximate surface area is 414 Å². The lowest BCUT2D eigenvalue weighted by Gasteiger charge is -2.17. The van der Waals surface area contributed by atoms with Crippen molar-refractivity contribution in [1.29, 1.82) is 10.5 Å². The first kappa shape index (κ1) is 42.5. The summed E-state index contributed by atoms with van der Waals surface area (Å²) in [5.74, 6) is 0.625. The van der Waals surface area contributed by atoms with E-state index in [0.717, 1.165) is 105 Å². The lowest BCUT2D eigenvalue weighted by Crippen LogP contribution is -2.03. The van der Waals surface area contributed by atoms with Crippen LogP contribution in [0.25, 0.3) is 125 Å². The molecular formula is C64H34N8. The fourth-order valence-electron chi connectivity index (χ4n) is 10.2. The van der Waals surface area contributed by atoms with E-state index >= 15 is 0 Å². The topological polar surface area (TPSA) is 83.4 Å². The van der Waals surface area contributed by atoms with Gasteiger partial charge in [-0.05, 0) is 92.5 Å². The normalized spacial score (nSPS) is 11.0. The zero-order chi connectivity index (χ0) is 48.9. The van der Waals surface area contributed by atoms with E-state index in [-0.39, 0.29) is 0 Å². The van der Waals surface area contributed by atoms with Crippen molar-refractivity contribution in [3.63, 3.8) is 0 Å². The molecule has 0 aliphatic carbocycles. The molecule has 0 spiro atoms. The number of para-hydroxylation sites is 2. The third-order valence-electron chi connectivity index (χ3n) is 13.6. The van der Waals surface area contributed by atoms with E-state index in [1.165, 1.54) is 0 Å². The molecular weight excluding hydrogens is 881 g/mol. The second-order valence-corrected chi connectivity index (χ2v) is 17.4. The Morgan fingerprint density at radius 2 is 0.764 bits per heavy atom. The van der Waals surface area contributed by atoms with Crippen molar-refractivity contribution in [1.82, 2.24) is 14.1 Å². The van der Waals surface area contributed by atoms with E-state index in [1.807, 2.05) is 128 Å². The molecule has 12 rings (SSSR count). The van der Waals surface area contributed by atoms with Gasteiger partial charge in [-0.3, -0.25) is 4.57 Å². The summed E-state index contributed by atoms with van der Waals surface area (Å²) in [5.41, 5.74) is 15.5. The molecule has 0 bridgehead atoms. The number of rotatable bonds is 7. The predicted molar refractivity (Wildman–Crippen MR) is 288 cm³/mol. The summed E-state index contributed by atoms with van der Waals surface area (Å²) in [6.45, 7) is 23.8. The predicted octanol–water partition coefficient (Wildman–Crippen LogP) is 17.0. The van der Waals surface area contributed by atoms with E-state index in [0.29, 0.717) is 34.0 Å². The van der Waals surface area contributed by atoms with E-state index in [9.17, 15) is 10.5 Å². The van der Waals surface area contributed by atoms with Crippen LogP contribution in [0, 0.1) is 42.4 Å². The Morgan fingerprint density at radius 3 is 1.19 bits per heavy atom. The first-order chi connectivity index (χ1) is 35.5. The van der Waals surface area contributed by atoms with Gasteiger partial charge >= 0.3 is 0 Å². The molecule has 0 aliphatic heterocycles. The first-order valence-electron chi connectivity index (χ1n) is 23.1. The summed E-state index contributed by atoms with van der Waals surface area (Å²) in [6.07, 6.45) is 1.91. The van der Waals surface area contributed by atoms with E-state index < -0.39 is 0 Å². The third kappa shape index (κ3) is 6.92. The Morgan fingerprint density at radius 1 is 0.375 bits per heavy atom. The van der Waals surface area contributed by atoms with Gasteiger partial charge in [0.05, 0.1) is 76.9 Å². The van der Waals surface area contributed by atoms with Gasteiger partial charge in [0.1, 0.15) is 5.82 Å². The van der Waals surface area contributed by atoms with Crippen molar-refractivity contribution in [3.8, 4) is 79.3 Å². The van der Waals surface area contributed by atoms with E-state index in [1.54, 1.807) is 0 Å². The average molecular weight is 915 g/mol. The molecule has 3 heterocycles. The molecule has 3 aromatic heterocycles. The highest BCUT2D eigenvalue weighted by Gasteiger charge is 2.23. The highest BCUT2D eigenvalue weighted by atomic mass is 15.1. The van der Waals surface area contributed by atoms with Gasteiger partial charge in [0, 0.05) is 27.1 Å². The molecule has 330 valence electrons. The van der Waals surface area contributed by atoms with Gasteiger partial charge in [-0.1, -0.05) is 158 Å². The van der Waals surface area contributed by atoms with Crippen LogP contribution in [0.5, 0.6) is 0 Å². The molecule has 0 saturated carbocycles. The zero-order valence-electron chi connectivity index (χ0n) is 38.2. The Bertz CT molecular complexity index is 4230. The molecule has 9 aromatic carbocycles. The van der Waals surface area contributed by atoms with Crippen molar-refractivity contribution >= 4 is 60.7 Å². The third-order valence-corrected chi connectivity index (χ3v) is 13.6. The summed E-state index contributed by atoms with van der Waals surface area (Å²) in [7, 11) is 0. The molecule has 0 radical (unpaired) electrons. The van der Waals surface area contributed by atoms with Crippen LogP contribution >= 0.6 is 0 Å². The summed E-state index contributed by atoms with van der Waals surface area (Å²) in [6, 6.07) is 70.1. The van der Waals surface area contributed by atoms with Gasteiger partial charge in [-0.15, -0.1) is 0 Å². The summed E-state index contributed by atoms with van der Waals surface area (Å²) in [4.78, 5) is 16.9. The summed E-state index contributed by atoms with van der Waals surface area (Å²) >= 11 is 0. The molecule has 0 atom stereocenters. The minimum atomic E-state index is 0.509. The Hall–Kier alpha value is -10.8. The number of aromatic nitrogens is 3. The van der Waals surface area contributed by atoms with Crippen LogP contribution in [0.15, 0.2) is 206 Å². The van der Waals surface area contributed by atoms with Gasteiger partial charge in [0.25, 0.3) is 0 Å². The number of hydrogen-bond donors (Lipinski definition) is 0. The fourth-order valence-corrected chi connectivity index (χ4v) is 10.2. The standard InChI is InChI=1S/C64H34N8/c1-67-47-26-20-40(21-27-47)56-36-64(72-61-33-42(49-15-7-5-13-46(49)38-66)23-29-54(61)55-31-25-44(35-62(55)72)51-17-9-11-19-58(51)69-3)70-39-63(56)71-59-32-41(48-14-6-4-12-45(48)37-65)22-28-52(59)53-30-24-43(34-60(53)71)50-16-8-10-18-57(50)68-2/h4-36,39H. The van der Waals surface area contributed by atoms with Gasteiger partial charge in [-0.2, -0.15) is 10.5 Å². The first-order valence-corrected chi connectivity index (χ1v) is 23.1. The smallest absolute Gasteiger partial charge is 0.194 e. The van der Waals surface area contributed by atoms with Gasteiger partial charge in [0.15, 0.2) is 17.1 Å². The Kier molecular flexibility index (Phi) is 10.3. The van der Waals surface area contributed by atoms with Crippen LogP contribution in [0.4, 0.5) is 17.1 Å². The highest BCUT2D eigenvalue weighted by molar-refractivity contribution is 6.13. The maximum Gasteiger partial charge on any atom is 0.194 e. The second kappa shape index (κ2) is 17.4. The molecule has 12 aromatic rings. The average Bonchev–Trinajstić information content (AvgIpc) is 3.95. The van der Waals surface area contributed by atoms with Crippen molar-refractivity contribution in [2.75, 3.05) is 0 Å². The molecule has 8 heteroatoms. The van der Waals surface area contributed by atoms with Crippen molar-refractivity contribution in [2.24, 2.45) is 0 Å². The lowest BCUT2D eigenvalue weighted by molar-refractivity contribution is 1.06. The van der Waals surface area contributed by atoms with Crippen molar-refractivity contribution < 1.29 is 0 Å². The molecule has 72 heavy (non-hydrogen) atoms. The van der Waals surface area contributed by atoms with Crippen LogP contribution in [-0.4, -0.2) is 14.1 Å². The van der Waals surface area contributed by atoms with Crippen molar-refractivity contribution in [3.05, 3.63) is 252 Å². The minimum Gasteiger partial charge on any atom is -0.307 e. The second-order valence-electron chi connectivity index (χ2n) is 17.4. The van der Waals surface area contributed by atoms with Gasteiger partial charge in [-0.25, -0.2) is 19.5 Å². The molecule has 0 N–H and O–H groups in total. The van der Waals surface area contributed by atoms with Gasteiger partial charge < -0.3 is 4.57 Å². The molecule has 0 amide bonds. The maximum atomic E-state index is 10.2. The van der Waals surface area contributed by atoms with Crippen LogP contribution in [0.1, 0.15) is 11.1 Å². The largest absolute Gasteiger partial charge is 0.307 e. The SMILES string of the molecule is [C-]#[N+]c1ccc(-c2cc(-n3c4cc(-c5ccccc5C#N)ccc4c4ccc(-c5ccccc5[N+]#[C-])cc43)ncc2-n2c3cc(-c4ccccc4C#N)ccc3c3ccc(-c4ccccc4[N+]#[C-])cc32)cc1. The molecule has 0 fully saturated rings. The maximum absolute atomic E-state index is 10.2. The van der Waals surface area contributed by atoms with Gasteiger partial charge in [0.2, 0.25) is 0 Å². The van der Waals surface area contributed by atoms with Crippen LogP contribution in [0.3, 0.4) is 0 Å². The molecule has 0 aliphatic rings. The van der Waals surface area contributed by atoms with Crippen LogP contribution < -0.4 is 0 Å². The zero-order valence-corrected chi connectivity index (χ0v) is 38.2. The number of nitriles is 2. The van der Waals surface area contributed by atoms with Crippen LogP contribution in [0.2, 0.25) is 0 Å². The number of benzene rings is 9. The quantitative estimate of drug-likeness (QED) is 0.149. The molecule has 8 nitrogen and oxygen atoms in total. The Balaban J connectivity index is 1.18. The number of pyridine rings is 1. The fraction of sp³-hybridized carbons (Fsp3) is 0. The summed E-state index contributed by atoms with van der Waals surface area (Å²) < 4.78 is 4.39. The lowest BCUT2D eigenvalue weighted by atomic mass is 9.98. The van der Waals surface area contributed by atoms with Crippen LogP contribution in [-0.2, 0) is 0 Å². The van der Waals surface area contributed by atoms with Crippen molar-refractivity contribution in [2.45, 2.75) is 0 Å². The molecule has 0 unspecified atom stereocenters. The number of nitrogens with zero attached hydrogens (tertiary/aromatic N) is 8. The van der Waals surface area contributed by atoms with E-state index in [2.05, 4.69) is 115 Å². The highest BCUT2D eigenvalue weighted by Crippen LogP contribution is 2.44. The molecule has 0 saturated heterocycles. The monoisotopic (exact) mass is 914 g/mol. The minimum absolute atomic E-state index is 0.509. The van der Waals surface area contributed by atoms with E-state index in [4.69, 9.17) is 24.7 Å².